The molecule has 2 aliphatic rings. The quantitative estimate of drug-likeness (QED) is 0.852. The molecular formula is C17H20FN3O2. The van der Waals surface area contributed by atoms with E-state index in [0.29, 0.717) is 25.2 Å². The van der Waals surface area contributed by atoms with Crippen molar-refractivity contribution >= 4 is 10.9 Å². The maximum Gasteiger partial charge on any atom is 0.251 e. The molecule has 1 aromatic carbocycles. The van der Waals surface area contributed by atoms with Crippen molar-refractivity contribution in [1.82, 2.24) is 9.47 Å². The summed E-state index contributed by atoms with van der Waals surface area (Å²) in [7, 11) is 0. The minimum atomic E-state index is -0.545. The first kappa shape index (κ1) is 14.8. The van der Waals surface area contributed by atoms with Gasteiger partial charge in [-0.3, -0.25) is 9.69 Å². The van der Waals surface area contributed by atoms with Gasteiger partial charge in [-0.25, -0.2) is 4.39 Å². The third kappa shape index (κ3) is 2.38. The third-order valence-corrected chi connectivity index (χ3v) is 5.14. The molecule has 122 valence electrons. The van der Waals surface area contributed by atoms with Crippen molar-refractivity contribution in [1.29, 1.82) is 0 Å². The Kier molecular flexibility index (Phi) is 3.48. The van der Waals surface area contributed by atoms with E-state index in [1.165, 1.54) is 12.1 Å². The van der Waals surface area contributed by atoms with Crippen LogP contribution in [0, 0.1) is 5.82 Å². The van der Waals surface area contributed by atoms with Crippen LogP contribution in [0.2, 0.25) is 0 Å². The van der Waals surface area contributed by atoms with E-state index in [9.17, 15) is 14.3 Å². The van der Waals surface area contributed by atoms with Gasteiger partial charge in [0.05, 0.1) is 11.6 Å². The van der Waals surface area contributed by atoms with Crippen LogP contribution in [-0.2, 0) is 6.54 Å². The summed E-state index contributed by atoms with van der Waals surface area (Å²) in [5.74, 6) is -0.330. The van der Waals surface area contributed by atoms with Gasteiger partial charge < -0.3 is 15.4 Å². The van der Waals surface area contributed by atoms with Crippen LogP contribution in [0.4, 0.5) is 4.39 Å². The highest BCUT2D eigenvalue weighted by Gasteiger charge is 2.32. The molecule has 2 aromatic rings. The van der Waals surface area contributed by atoms with Gasteiger partial charge in [-0.1, -0.05) is 0 Å². The van der Waals surface area contributed by atoms with E-state index in [1.807, 2.05) is 0 Å². The molecule has 3 N–H and O–H groups in total. The highest BCUT2D eigenvalue weighted by atomic mass is 19.1. The van der Waals surface area contributed by atoms with Crippen LogP contribution in [0.25, 0.3) is 10.9 Å². The summed E-state index contributed by atoms with van der Waals surface area (Å²) in [6, 6.07) is 6.30. The molecule has 0 aliphatic carbocycles. The van der Waals surface area contributed by atoms with Crippen molar-refractivity contribution in [3.05, 3.63) is 46.0 Å². The minimum absolute atomic E-state index is 0.0738. The molecule has 0 amide bonds. The van der Waals surface area contributed by atoms with Gasteiger partial charge in [-0.2, -0.15) is 0 Å². The Morgan fingerprint density at radius 3 is 2.83 bits per heavy atom. The molecule has 3 atom stereocenters. The molecule has 1 fully saturated rings. The standard InChI is InChI=1S/C17H20FN3O2/c18-12-3-1-10-2-4-15(23)21-8-11(16(12)17(10)21)7-20-6-5-13(19)14(22)9-20/h1-4,11,13-14,22H,5-9,19H2/t11?,13-,14+/m0/s1. The van der Waals surface area contributed by atoms with Gasteiger partial charge in [0, 0.05) is 43.2 Å². The lowest BCUT2D eigenvalue weighted by atomic mass is 9.96. The van der Waals surface area contributed by atoms with Crippen LogP contribution in [0.3, 0.4) is 0 Å². The second-order valence-corrected chi connectivity index (χ2v) is 6.66. The molecular weight excluding hydrogens is 297 g/mol. The summed E-state index contributed by atoms with van der Waals surface area (Å²) in [5, 5.41) is 10.8. The van der Waals surface area contributed by atoms with Crippen LogP contribution >= 0.6 is 0 Å². The number of rotatable bonds is 2. The molecule has 1 unspecified atom stereocenters. The predicted molar refractivity (Wildman–Crippen MR) is 85.9 cm³/mol. The number of hydrogen-bond acceptors (Lipinski definition) is 4. The zero-order chi connectivity index (χ0) is 16.1. The first-order chi connectivity index (χ1) is 11.0. The van der Waals surface area contributed by atoms with Crippen molar-refractivity contribution in [3.8, 4) is 0 Å². The number of aliphatic hydroxyl groups is 1. The second-order valence-electron chi connectivity index (χ2n) is 6.66. The molecule has 5 nitrogen and oxygen atoms in total. The number of halogens is 1. The van der Waals surface area contributed by atoms with Crippen molar-refractivity contribution in [2.75, 3.05) is 19.6 Å². The Morgan fingerprint density at radius 1 is 1.26 bits per heavy atom. The SMILES string of the molecule is N[C@H]1CCN(CC2Cn3c(=O)ccc4ccc(F)c2c43)C[C@H]1O. The molecule has 4 rings (SSSR count). The number of aliphatic hydroxyl groups excluding tert-OH is 1. The summed E-state index contributed by atoms with van der Waals surface area (Å²) in [5.41, 5.74) is 7.10. The van der Waals surface area contributed by atoms with Crippen molar-refractivity contribution < 1.29 is 9.50 Å². The summed E-state index contributed by atoms with van der Waals surface area (Å²) in [6.07, 6.45) is 0.184. The maximum absolute atomic E-state index is 14.4. The number of nitrogens with two attached hydrogens (primary N) is 1. The zero-order valence-corrected chi connectivity index (χ0v) is 12.8. The summed E-state index contributed by atoms with van der Waals surface area (Å²) in [4.78, 5) is 14.2. The van der Waals surface area contributed by atoms with Crippen LogP contribution in [-0.4, -0.2) is 46.4 Å². The molecule has 23 heavy (non-hydrogen) atoms. The highest BCUT2D eigenvalue weighted by molar-refractivity contribution is 5.84. The molecule has 0 bridgehead atoms. The van der Waals surface area contributed by atoms with E-state index in [0.717, 1.165) is 23.9 Å². The monoisotopic (exact) mass is 317 g/mol. The lowest BCUT2D eigenvalue weighted by Crippen LogP contribution is -2.51. The van der Waals surface area contributed by atoms with E-state index in [2.05, 4.69) is 4.90 Å². The van der Waals surface area contributed by atoms with Gasteiger partial charge in [0.25, 0.3) is 5.56 Å². The molecule has 6 heteroatoms. The Balaban J connectivity index is 1.68. The Bertz CT molecular complexity index is 819. The fourth-order valence-electron chi connectivity index (χ4n) is 3.92. The summed E-state index contributed by atoms with van der Waals surface area (Å²) in [6.45, 7) is 2.41. The number of β-amino-alcohol motifs (C(OH)–C–C–N with tert-alkyl or cyclic N) is 1. The predicted octanol–water partition coefficient (Wildman–Crippen LogP) is 0.632. The fourth-order valence-corrected chi connectivity index (χ4v) is 3.92. The zero-order valence-electron chi connectivity index (χ0n) is 12.8. The van der Waals surface area contributed by atoms with Gasteiger partial charge in [0.15, 0.2) is 0 Å². The normalized spacial score (nSPS) is 27.7. The number of aromatic nitrogens is 1. The summed E-state index contributed by atoms with van der Waals surface area (Å²) >= 11 is 0. The number of piperidine rings is 1. The van der Waals surface area contributed by atoms with Crippen LogP contribution in [0.1, 0.15) is 17.9 Å². The molecule has 0 spiro atoms. The van der Waals surface area contributed by atoms with Gasteiger partial charge in [0.2, 0.25) is 0 Å². The molecule has 3 heterocycles. The van der Waals surface area contributed by atoms with Crippen molar-refractivity contribution in [3.63, 3.8) is 0 Å². The lowest BCUT2D eigenvalue weighted by Gasteiger charge is -2.35. The number of nitrogens with zero attached hydrogens (tertiary/aromatic N) is 2. The van der Waals surface area contributed by atoms with E-state index in [4.69, 9.17) is 5.73 Å². The highest BCUT2D eigenvalue weighted by Crippen LogP contribution is 2.35. The number of pyridine rings is 1. The van der Waals surface area contributed by atoms with E-state index in [-0.39, 0.29) is 23.3 Å². The maximum atomic E-state index is 14.4. The van der Waals surface area contributed by atoms with Crippen LogP contribution in [0.5, 0.6) is 0 Å². The summed E-state index contributed by atoms with van der Waals surface area (Å²) < 4.78 is 16.1. The smallest absolute Gasteiger partial charge is 0.251 e. The first-order valence-corrected chi connectivity index (χ1v) is 8.02. The van der Waals surface area contributed by atoms with Crippen molar-refractivity contribution in [2.24, 2.45) is 5.73 Å². The first-order valence-electron chi connectivity index (χ1n) is 8.02. The molecule has 1 aromatic heterocycles. The Morgan fingerprint density at radius 2 is 2.04 bits per heavy atom. The largest absolute Gasteiger partial charge is 0.390 e. The average Bonchev–Trinajstić information content (AvgIpc) is 2.91. The van der Waals surface area contributed by atoms with Gasteiger partial charge in [0.1, 0.15) is 5.82 Å². The molecule has 2 aliphatic heterocycles. The van der Waals surface area contributed by atoms with E-state index < -0.39 is 6.10 Å². The number of hydrogen-bond donors (Lipinski definition) is 2. The van der Waals surface area contributed by atoms with Gasteiger partial charge >= 0.3 is 0 Å². The molecule has 0 saturated carbocycles. The third-order valence-electron chi connectivity index (χ3n) is 5.14. The van der Waals surface area contributed by atoms with Crippen molar-refractivity contribution in [2.45, 2.75) is 31.0 Å². The Labute approximate surface area is 133 Å². The second kappa shape index (κ2) is 5.40. The topological polar surface area (TPSA) is 71.5 Å². The number of likely N-dealkylation sites (tertiary alicyclic amines) is 1. The van der Waals surface area contributed by atoms with Gasteiger partial charge in [-0.15, -0.1) is 0 Å². The number of benzene rings is 1. The van der Waals surface area contributed by atoms with Crippen LogP contribution < -0.4 is 11.3 Å². The average molecular weight is 317 g/mol. The fraction of sp³-hybridized carbons (Fsp3) is 0.471. The van der Waals surface area contributed by atoms with Crippen LogP contribution in [0.15, 0.2) is 29.1 Å². The van der Waals surface area contributed by atoms with Gasteiger partial charge in [-0.05, 0) is 36.6 Å². The molecule has 0 radical (unpaired) electrons. The minimum Gasteiger partial charge on any atom is -0.390 e. The molecule has 1 saturated heterocycles. The lowest BCUT2D eigenvalue weighted by molar-refractivity contribution is 0.0501. The van der Waals surface area contributed by atoms with E-state index >= 15 is 0 Å². The Hall–Kier alpha value is -1.76. The van der Waals surface area contributed by atoms with E-state index in [1.54, 1.807) is 16.7 Å².